The van der Waals surface area contributed by atoms with Crippen LogP contribution in [0.25, 0.3) is 0 Å². The van der Waals surface area contributed by atoms with Gasteiger partial charge in [-0.2, -0.15) is 0 Å². The summed E-state index contributed by atoms with van der Waals surface area (Å²) in [5.41, 5.74) is 3.72. The van der Waals surface area contributed by atoms with Crippen molar-refractivity contribution in [2.45, 2.75) is 78.9 Å². The minimum Gasteiger partial charge on any atom is -0.508 e. The molecule has 35 heavy (non-hydrogen) atoms. The molecule has 1 saturated heterocycles. The molecule has 1 heterocycles. The predicted molar refractivity (Wildman–Crippen MR) is 133 cm³/mol. The van der Waals surface area contributed by atoms with Gasteiger partial charge >= 0.3 is 0 Å². The van der Waals surface area contributed by atoms with Crippen molar-refractivity contribution in [1.29, 1.82) is 0 Å². The van der Waals surface area contributed by atoms with Gasteiger partial charge in [0, 0.05) is 24.8 Å². The molecule has 0 aliphatic carbocycles. The summed E-state index contributed by atoms with van der Waals surface area (Å²) in [5, 5.41) is 16.9. The summed E-state index contributed by atoms with van der Waals surface area (Å²) in [7, 11) is 0. The molecule has 1 aliphatic heterocycles. The molecule has 0 spiro atoms. The Morgan fingerprint density at radius 3 is 2.29 bits per heavy atom. The van der Waals surface area contributed by atoms with Gasteiger partial charge in [-0.3, -0.25) is 24.2 Å². The van der Waals surface area contributed by atoms with Gasteiger partial charge in [-0.25, -0.2) is 5.43 Å². The van der Waals surface area contributed by atoms with Crippen LogP contribution in [0, 0.1) is 17.8 Å². The molecule has 194 valence electrons. The zero-order valence-corrected chi connectivity index (χ0v) is 21.6. The first kappa shape index (κ1) is 28.3. The van der Waals surface area contributed by atoms with E-state index in [0.29, 0.717) is 24.9 Å². The highest BCUT2D eigenvalue weighted by Crippen LogP contribution is 2.17. The first-order chi connectivity index (χ1) is 16.4. The largest absolute Gasteiger partial charge is 0.508 e. The number of carbonyl (C=O) groups is 4. The van der Waals surface area contributed by atoms with E-state index in [0.717, 1.165) is 0 Å². The Hall–Kier alpha value is -2.94. The fourth-order valence-electron chi connectivity index (χ4n) is 3.98. The van der Waals surface area contributed by atoms with Crippen molar-refractivity contribution in [1.82, 2.24) is 21.1 Å². The third kappa shape index (κ3) is 8.06. The van der Waals surface area contributed by atoms with Crippen LogP contribution in [0.3, 0.4) is 0 Å². The Balaban J connectivity index is 2.27. The van der Waals surface area contributed by atoms with E-state index in [2.05, 4.69) is 16.1 Å². The molecule has 0 aromatic heterocycles. The number of phenols is 1. The maximum Gasteiger partial charge on any atom is 0.259 e. The monoisotopic (exact) mass is 488 g/mol. The lowest BCUT2D eigenvalue weighted by Gasteiger charge is -2.36. The van der Waals surface area contributed by atoms with Crippen LogP contribution in [-0.4, -0.2) is 58.3 Å². The van der Waals surface area contributed by atoms with Crippen molar-refractivity contribution in [2.75, 3.05) is 6.54 Å². The van der Waals surface area contributed by atoms with Crippen LogP contribution in [0.15, 0.2) is 24.3 Å². The molecule has 1 aromatic carbocycles. The minimum atomic E-state index is -0.957. The topological polar surface area (TPSA) is 128 Å². The molecule has 2 rings (SSSR count). The first-order valence-corrected chi connectivity index (χ1v) is 12.4. The van der Waals surface area contributed by atoms with Crippen LogP contribution in [0.2, 0.25) is 0 Å². The Morgan fingerprint density at radius 2 is 1.71 bits per heavy atom. The standard InChI is InChI=1S/C26H40N4O5/c1-15(2)22(28-24(33)17(5)6)25(34)27-21(14-18-9-7-10-19(31)13-18)26(35)30-12-8-11-20(29-30)23(32)16(3)4/h7,9-10,13,15-17,20-22,29,31H,8,11-12,14H2,1-6H3,(H,27,34)(H,28,33). The fourth-order valence-corrected chi connectivity index (χ4v) is 3.98. The molecule has 0 bridgehead atoms. The quantitative estimate of drug-likeness (QED) is 0.399. The number of rotatable bonds is 10. The van der Waals surface area contributed by atoms with E-state index in [4.69, 9.17) is 0 Å². The molecule has 1 aliphatic rings. The lowest BCUT2D eigenvalue weighted by Crippen LogP contribution is -2.62. The average molecular weight is 489 g/mol. The second-order valence-corrected chi connectivity index (χ2v) is 10.2. The van der Waals surface area contributed by atoms with Crippen LogP contribution in [0.5, 0.6) is 5.75 Å². The molecule has 1 aromatic rings. The van der Waals surface area contributed by atoms with Crippen LogP contribution in [0.1, 0.15) is 59.9 Å². The molecule has 9 nitrogen and oxygen atoms in total. The molecular weight excluding hydrogens is 448 g/mol. The van der Waals surface area contributed by atoms with Gasteiger partial charge in [-0.05, 0) is 36.5 Å². The Labute approximate surface area is 208 Å². The van der Waals surface area contributed by atoms with Crippen molar-refractivity contribution >= 4 is 23.5 Å². The number of nitrogens with one attached hydrogen (secondary N) is 3. The molecule has 9 heteroatoms. The van der Waals surface area contributed by atoms with E-state index in [1.54, 1.807) is 32.0 Å². The third-order valence-electron chi connectivity index (χ3n) is 6.10. The lowest BCUT2D eigenvalue weighted by molar-refractivity contribution is -0.144. The number of hydrogen-bond donors (Lipinski definition) is 4. The molecular formula is C26H40N4O5. The van der Waals surface area contributed by atoms with Crippen molar-refractivity contribution in [3.05, 3.63) is 29.8 Å². The van der Waals surface area contributed by atoms with Gasteiger partial charge < -0.3 is 15.7 Å². The van der Waals surface area contributed by atoms with Crippen LogP contribution < -0.4 is 16.1 Å². The number of ketones is 1. The molecule has 3 amide bonds. The molecule has 3 unspecified atom stereocenters. The van der Waals surface area contributed by atoms with Crippen LogP contribution in [0.4, 0.5) is 0 Å². The number of phenolic OH excluding ortho intramolecular Hbond substituents is 1. The number of benzene rings is 1. The van der Waals surface area contributed by atoms with Gasteiger partial charge in [0.05, 0.1) is 6.04 Å². The van der Waals surface area contributed by atoms with Gasteiger partial charge in [0.15, 0.2) is 5.78 Å². The minimum absolute atomic E-state index is 0.0346. The van der Waals surface area contributed by atoms with E-state index < -0.39 is 24.0 Å². The highest BCUT2D eigenvalue weighted by Gasteiger charge is 2.35. The zero-order valence-electron chi connectivity index (χ0n) is 21.6. The number of hydrogen-bond acceptors (Lipinski definition) is 6. The Kier molecular flexibility index (Phi) is 10.2. The van der Waals surface area contributed by atoms with Crippen molar-refractivity contribution in [3.63, 3.8) is 0 Å². The normalized spacial score (nSPS) is 17.9. The van der Waals surface area contributed by atoms with E-state index >= 15 is 0 Å². The van der Waals surface area contributed by atoms with E-state index in [1.807, 2.05) is 27.7 Å². The summed E-state index contributed by atoms with van der Waals surface area (Å²) in [6.45, 7) is 11.2. The maximum atomic E-state index is 13.6. The van der Waals surface area contributed by atoms with E-state index in [1.165, 1.54) is 11.1 Å². The second kappa shape index (κ2) is 12.7. The smallest absolute Gasteiger partial charge is 0.259 e. The molecule has 0 saturated carbocycles. The maximum absolute atomic E-state index is 13.6. The van der Waals surface area contributed by atoms with Crippen LogP contribution >= 0.6 is 0 Å². The molecule has 4 N–H and O–H groups in total. The van der Waals surface area contributed by atoms with Gasteiger partial charge in [0.2, 0.25) is 11.8 Å². The highest BCUT2D eigenvalue weighted by atomic mass is 16.3. The number of Topliss-reactive ketones (excluding diaryl/α,β-unsaturated/α-hetero) is 1. The third-order valence-corrected chi connectivity index (χ3v) is 6.10. The summed E-state index contributed by atoms with van der Waals surface area (Å²) in [6, 6.07) is 4.28. The summed E-state index contributed by atoms with van der Waals surface area (Å²) in [6.07, 6.45) is 1.44. The average Bonchev–Trinajstić information content (AvgIpc) is 2.80. The van der Waals surface area contributed by atoms with E-state index in [-0.39, 0.29) is 47.5 Å². The lowest BCUT2D eigenvalue weighted by atomic mass is 9.96. The molecule has 1 fully saturated rings. The number of carbonyl (C=O) groups excluding carboxylic acids is 4. The summed E-state index contributed by atoms with van der Waals surface area (Å²) in [4.78, 5) is 51.6. The van der Waals surface area contributed by atoms with Crippen LogP contribution in [-0.2, 0) is 25.6 Å². The van der Waals surface area contributed by atoms with Gasteiger partial charge in [-0.15, -0.1) is 0 Å². The highest BCUT2D eigenvalue weighted by molar-refractivity contribution is 5.93. The predicted octanol–water partition coefficient (Wildman–Crippen LogP) is 1.94. The van der Waals surface area contributed by atoms with Crippen molar-refractivity contribution in [3.8, 4) is 5.75 Å². The Bertz CT molecular complexity index is 915. The summed E-state index contributed by atoms with van der Waals surface area (Å²) in [5.74, 6) is -1.64. The first-order valence-electron chi connectivity index (χ1n) is 12.4. The van der Waals surface area contributed by atoms with Gasteiger partial charge in [-0.1, -0.05) is 53.7 Å². The van der Waals surface area contributed by atoms with E-state index in [9.17, 15) is 24.3 Å². The number of nitrogens with zero attached hydrogens (tertiary/aromatic N) is 1. The SMILES string of the molecule is CC(C)C(=O)NC(C(=O)NC(Cc1cccc(O)c1)C(=O)N1CCCC(C(=O)C(C)C)N1)C(C)C. The summed E-state index contributed by atoms with van der Waals surface area (Å²) >= 11 is 0. The molecule has 3 atom stereocenters. The zero-order chi connectivity index (χ0) is 26.3. The number of amides is 3. The molecule has 0 radical (unpaired) electrons. The van der Waals surface area contributed by atoms with Crippen molar-refractivity contribution in [2.24, 2.45) is 17.8 Å². The fraction of sp³-hybridized carbons (Fsp3) is 0.615. The summed E-state index contributed by atoms with van der Waals surface area (Å²) < 4.78 is 0. The number of hydrazine groups is 1. The van der Waals surface area contributed by atoms with Gasteiger partial charge in [0.25, 0.3) is 5.91 Å². The number of aromatic hydroxyl groups is 1. The van der Waals surface area contributed by atoms with Crippen molar-refractivity contribution < 1.29 is 24.3 Å². The van der Waals surface area contributed by atoms with Gasteiger partial charge in [0.1, 0.15) is 17.8 Å². The second-order valence-electron chi connectivity index (χ2n) is 10.2. The Morgan fingerprint density at radius 1 is 1.03 bits per heavy atom.